The number of sulfonamides is 1. The monoisotopic (exact) mass is 405 g/mol. The average molecular weight is 405 g/mol. The normalized spacial score (nSPS) is 12.5. The number of imidazole rings is 1. The van der Waals surface area contributed by atoms with Gasteiger partial charge in [0.05, 0.1) is 9.82 Å². The number of rotatable bonds is 6. The second-order valence-corrected chi connectivity index (χ2v) is 7.54. The topological polar surface area (TPSA) is 133 Å². The fraction of sp³-hybridized carbons (Fsp3) is 0.118. The van der Waals surface area contributed by atoms with Crippen molar-refractivity contribution in [2.75, 3.05) is 5.32 Å². The van der Waals surface area contributed by atoms with E-state index in [2.05, 4.69) is 10.3 Å². The van der Waals surface area contributed by atoms with Gasteiger partial charge in [-0.15, -0.1) is 0 Å². The van der Waals surface area contributed by atoms with E-state index < -0.39 is 37.4 Å². The Bertz CT molecular complexity index is 1150. The highest BCUT2D eigenvalue weighted by atomic mass is 32.2. The lowest BCUT2D eigenvalue weighted by Gasteiger charge is -2.21. The molecule has 0 radical (unpaired) electrons. The fourth-order valence-corrected chi connectivity index (χ4v) is 3.30. The number of aromatic nitrogens is 2. The van der Waals surface area contributed by atoms with Crippen LogP contribution in [0, 0.1) is 15.9 Å². The van der Waals surface area contributed by atoms with Crippen molar-refractivity contribution in [1.82, 2.24) is 9.55 Å². The number of nitro benzene ring substituents is 1. The van der Waals surface area contributed by atoms with E-state index in [4.69, 9.17) is 5.14 Å². The summed E-state index contributed by atoms with van der Waals surface area (Å²) in [6.45, 7) is 0. The lowest BCUT2D eigenvalue weighted by molar-refractivity contribution is -0.384. The highest BCUT2D eigenvalue weighted by Crippen LogP contribution is 2.33. The van der Waals surface area contributed by atoms with Gasteiger partial charge >= 0.3 is 0 Å². The molecule has 2 aromatic carbocycles. The first-order valence-corrected chi connectivity index (χ1v) is 9.52. The average Bonchev–Trinajstić information content (AvgIpc) is 3.05. The maximum Gasteiger partial charge on any atom is 0.293 e. The summed E-state index contributed by atoms with van der Waals surface area (Å²) in [6, 6.07) is 8.31. The van der Waals surface area contributed by atoms with Gasteiger partial charge in [-0.2, -0.15) is 0 Å². The summed E-state index contributed by atoms with van der Waals surface area (Å²) in [6.07, 6.45) is 3.17. The van der Waals surface area contributed by atoms with Crippen LogP contribution in [0.1, 0.15) is 17.4 Å². The molecular formula is C17H16FN5O4S. The predicted octanol–water partition coefficient (Wildman–Crippen LogP) is 2.32. The van der Waals surface area contributed by atoms with Crippen molar-refractivity contribution in [3.63, 3.8) is 0 Å². The summed E-state index contributed by atoms with van der Waals surface area (Å²) in [5.74, 6) is -0.110. The second-order valence-electron chi connectivity index (χ2n) is 5.98. The maximum atomic E-state index is 14.4. The van der Waals surface area contributed by atoms with Crippen LogP contribution in [0.15, 0.2) is 59.8 Å². The number of anilines is 1. The van der Waals surface area contributed by atoms with Gasteiger partial charge in [0.1, 0.15) is 23.4 Å². The Balaban J connectivity index is 2.13. The Hall–Kier alpha value is -3.31. The molecule has 1 heterocycles. The van der Waals surface area contributed by atoms with Gasteiger partial charge in [-0.1, -0.05) is 18.2 Å². The minimum Gasteiger partial charge on any atom is -0.366 e. The number of halogens is 1. The van der Waals surface area contributed by atoms with Crippen molar-refractivity contribution in [2.24, 2.45) is 12.2 Å². The molecule has 3 rings (SSSR count). The van der Waals surface area contributed by atoms with Crippen LogP contribution >= 0.6 is 0 Å². The Labute approximate surface area is 159 Å². The van der Waals surface area contributed by atoms with Gasteiger partial charge in [-0.05, 0) is 18.2 Å². The van der Waals surface area contributed by atoms with Crippen LogP contribution < -0.4 is 10.5 Å². The molecule has 0 bridgehead atoms. The number of nitrogens with two attached hydrogens (primary N) is 1. The zero-order valence-electron chi connectivity index (χ0n) is 14.6. The van der Waals surface area contributed by atoms with Crippen molar-refractivity contribution < 1.29 is 17.7 Å². The summed E-state index contributed by atoms with van der Waals surface area (Å²) >= 11 is 0. The molecule has 0 saturated carbocycles. The van der Waals surface area contributed by atoms with E-state index in [1.54, 1.807) is 23.9 Å². The van der Waals surface area contributed by atoms with Gasteiger partial charge in [0.15, 0.2) is 0 Å². The SMILES string of the molecule is Cn1ccnc1[C@@H](Nc1ccc(S(N)(=O)=O)cc1[N+](=O)[O-])c1ccccc1F. The number of benzene rings is 2. The largest absolute Gasteiger partial charge is 0.366 e. The second kappa shape index (κ2) is 7.37. The van der Waals surface area contributed by atoms with E-state index in [0.29, 0.717) is 5.82 Å². The van der Waals surface area contributed by atoms with E-state index in [0.717, 1.165) is 12.1 Å². The minimum absolute atomic E-state index is 0.00588. The molecule has 0 aliphatic heterocycles. The van der Waals surface area contributed by atoms with Gasteiger partial charge in [0.25, 0.3) is 5.69 Å². The Morgan fingerprint density at radius 3 is 2.57 bits per heavy atom. The van der Waals surface area contributed by atoms with Gasteiger partial charge in [0.2, 0.25) is 10.0 Å². The molecule has 0 spiro atoms. The molecular weight excluding hydrogens is 389 g/mol. The smallest absolute Gasteiger partial charge is 0.293 e. The van der Waals surface area contributed by atoms with Crippen LogP contribution in [0.4, 0.5) is 15.8 Å². The van der Waals surface area contributed by atoms with Gasteiger partial charge in [-0.25, -0.2) is 22.9 Å². The van der Waals surface area contributed by atoms with Crippen molar-refractivity contribution in [3.8, 4) is 0 Å². The van der Waals surface area contributed by atoms with Crippen LogP contribution in [0.2, 0.25) is 0 Å². The molecule has 9 nitrogen and oxygen atoms in total. The summed E-state index contributed by atoms with van der Waals surface area (Å²) in [4.78, 5) is 14.5. The van der Waals surface area contributed by atoms with Gasteiger partial charge < -0.3 is 9.88 Å². The summed E-state index contributed by atoms with van der Waals surface area (Å²) in [5.41, 5.74) is -0.294. The molecule has 3 aromatic rings. The summed E-state index contributed by atoms with van der Waals surface area (Å²) in [5, 5.41) is 19.4. The van der Waals surface area contributed by atoms with E-state index in [-0.39, 0.29) is 11.3 Å². The number of aryl methyl sites for hydroxylation is 1. The first kappa shape index (κ1) is 19.5. The number of hydrogen-bond acceptors (Lipinski definition) is 6. The van der Waals surface area contributed by atoms with E-state index in [9.17, 15) is 22.9 Å². The fourth-order valence-electron chi connectivity index (χ4n) is 2.76. The molecule has 0 amide bonds. The van der Waals surface area contributed by atoms with E-state index >= 15 is 0 Å². The zero-order valence-corrected chi connectivity index (χ0v) is 15.4. The summed E-state index contributed by atoms with van der Waals surface area (Å²) in [7, 11) is -2.42. The number of nitrogens with one attached hydrogen (secondary N) is 1. The molecule has 11 heteroatoms. The first-order chi connectivity index (χ1) is 13.2. The first-order valence-electron chi connectivity index (χ1n) is 7.98. The molecule has 3 N–H and O–H groups in total. The molecule has 1 atom stereocenters. The lowest BCUT2D eigenvalue weighted by Crippen LogP contribution is -2.19. The lowest BCUT2D eigenvalue weighted by atomic mass is 10.0. The number of hydrogen-bond donors (Lipinski definition) is 2. The summed E-state index contributed by atoms with van der Waals surface area (Å²) < 4.78 is 39.1. The Morgan fingerprint density at radius 1 is 1.29 bits per heavy atom. The highest BCUT2D eigenvalue weighted by molar-refractivity contribution is 7.89. The van der Waals surface area contributed by atoms with Crippen LogP contribution in [0.3, 0.4) is 0 Å². The molecule has 0 aliphatic rings. The molecule has 0 aliphatic carbocycles. The van der Waals surface area contributed by atoms with Crippen molar-refractivity contribution >= 4 is 21.4 Å². The van der Waals surface area contributed by atoms with Crippen LogP contribution in [-0.4, -0.2) is 22.9 Å². The quantitative estimate of drug-likeness (QED) is 0.478. The van der Waals surface area contributed by atoms with Crippen molar-refractivity contribution in [3.05, 3.63) is 82.2 Å². The van der Waals surface area contributed by atoms with Crippen LogP contribution in [-0.2, 0) is 17.1 Å². The van der Waals surface area contributed by atoms with Crippen LogP contribution in [0.25, 0.3) is 0 Å². The molecule has 0 unspecified atom stereocenters. The standard InChI is InChI=1S/C17H16FN5O4S/c1-22-9-8-20-17(22)16(12-4-2-3-5-13(12)18)21-14-7-6-11(28(19,26)27)10-15(14)23(24)25/h2-10,16,21H,1H3,(H2,19,26,27)/t16-/m0/s1. The minimum atomic E-state index is -4.12. The van der Waals surface area contributed by atoms with E-state index in [1.165, 1.54) is 30.5 Å². The Kier molecular flexibility index (Phi) is 5.12. The predicted molar refractivity (Wildman–Crippen MR) is 99.5 cm³/mol. The maximum absolute atomic E-state index is 14.4. The van der Waals surface area contributed by atoms with Gasteiger partial charge in [-0.3, -0.25) is 10.1 Å². The molecule has 0 saturated heterocycles. The number of nitro groups is 1. The third-order valence-corrected chi connectivity index (χ3v) is 5.04. The van der Waals surface area contributed by atoms with Crippen molar-refractivity contribution in [2.45, 2.75) is 10.9 Å². The van der Waals surface area contributed by atoms with Gasteiger partial charge in [0, 0.05) is 31.1 Å². The highest BCUT2D eigenvalue weighted by Gasteiger charge is 2.26. The molecule has 0 fully saturated rings. The number of nitrogens with zero attached hydrogens (tertiary/aromatic N) is 3. The third kappa shape index (κ3) is 3.85. The van der Waals surface area contributed by atoms with Crippen molar-refractivity contribution in [1.29, 1.82) is 0 Å². The Morgan fingerprint density at radius 2 is 2.00 bits per heavy atom. The molecule has 146 valence electrons. The molecule has 28 heavy (non-hydrogen) atoms. The third-order valence-electron chi connectivity index (χ3n) is 4.13. The zero-order chi connectivity index (χ0) is 20.5. The number of primary sulfonamides is 1. The van der Waals surface area contributed by atoms with E-state index in [1.807, 2.05) is 0 Å². The van der Waals surface area contributed by atoms with Crippen LogP contribution in [0.5, 0.6) is 0 Å². The molecule has 1 aromatic heterocycles.